The van der Waals surface area contributed by atoms with Gasteiger partial charge in [-0.1, -0.05) is 70.4 Å². The van der Waals surface area contributed by atoms with Gasteiger partial charge in [0.1, 0.15) is 6.61 Å². The Morgan fingerprint density at radius 3 is 1.90 bits per heavy atom. The average Bonchev–Trinajstić information content (AvgIpc) is 2.78. The smallest absolute Gasteiger partial charge is 0.462 e. The predicted molar refractivity (Wildman–Crippen MR) is 123 cm³/mol. The average molecular weight is 467 g/mol. The molecule has 0 aromatic rings. The molecule has 0 aromatic heterocycles. The van der Waals surface area contributed by atoms with Crippen molar-refractivity contribution in [3.63, 3.8) is 0 Å². The second kappa shape index (κ2) is 21.1. The van der Waals surface area contributed by atoms with E-state index in [1.807, 2.05) is 0 Å². The Kier molecular flexibility index (Phi) is 20.6. The third kappa shape index (κ3) is 19.6. The van der Waals surface area contributed by atoms with Gasteiger partial charge in [0.25, 0.3) is 0 Å². The summed E-state index contributed by atoms with van der Waals surface area (Å²) in [5.41, 5.74) is 0. The number of carbonyl (C=O) groups excluding carboxylic acids is 1. The van der Waals surface area contributed by atoms with Crippen LogP contribution in [0, 0.1) is 0 Å². The van der Waals surface area contributed by atoms with Gasteiger partial charge in [-0.2, -0.15) is 0 Å². The van der Waals surface area contributed by atoms with Crippen molar-refractivity contribution >= 4 is 13.8 Å². The molecule has 1 atom stereocenters. The summed E-state index contributed by atoms with van der Waals surface area (Å²) in [6.45, 7) is 1.28. The minimum Gasteiger partial charge on any atom is -0.462 e. The molecule has 0 aliphatic heterocycles. The Morgan fingerprint density at radius 1 is 0.839 bits per heavy atom. The summed E-state index contributed by atoms with van der Waals surface area (Å²) in [5, 5.41) is 0. The molecule has 0 aromatic carbocycles. The van der Waals surface area contributed by atoms with Gasteiger partial charge >= 0.3 is 13.8 Å². The molecule has 0 saturated carbocycles. The largest absolute Gasteiger partial charge is 0.474 e. The van der Waals surface area contributed by atoms with Gasteiger partial charge in [-0.15, -0.1) is 0 Å². The number of ether oxygens (including phenoxy) is 1. The highest BCUT2D eigenvalue weighted by Gasteiger charge is 2.25. The van der Waals surface area contributed by atoms with Crippen molar-refractivity contribution < 1.29 is 32.1 Å². The zero-order valence-electron chi connectivity index (χ0n) is 19.8. The number of alkyl halides is 1. The molecule has 0 heterocycles. The lowest BCUT2D eigenvalue weighted by Crippen LogP contribution is -2.19. The number of rotatable bonds is 22. The second-order valence-corrected chi connectivity index (χ2v) is 9.61. The standard InChI is InChI=1S/C23H44FO6P/c1-4-5-6-7-8-9-10-11-12-13-14-15-16-17-18-19-23(25)29-20-22(24)21-30-31(26,27-2)28-3/h11-12,22H,4-10,13-21H2,1-3H3/b12-11-/t22-/m1/s1. The van der Waals surface area contributed by atoms with E-state index in [9.17, 15) is 13.8 Å². The van der Waals surface area contributed by atoms with Gasteiger partial charge in [0.05, 0.1) is 6.61 Å². The maximum Gasteiger partial charge on any atom is 0.474 e. The lowest BCUT2D eigenvalue weighted by atomic mass is 10.1. The number of phosphoric acid groups is 1. The number of hydrogen-bond donors (Lipinski definition) is 0. The second-order valence-electron chi connectivity index (χ2n) is 7.72. The van der Waals surface area contributed by atoms with E-state index in [4.69, 9.17) is 9.26 Å². The van der Waals surface area contributed by atoms with Crippen LogP contribution in [-0.2, 0) is 27.7 Å². The van der Waals surface area contributed by atoms with Crippen molar-refractivity contribution in [3.05, 3.63) is 12.2 Å². The number of allylic oxidation sites excluding steroid dienone is 2. The molecular formula is C23H44FO6P. The van der Waals surface area contributed by atoms with Gasteiger partial charge in [-0.25, -0.2) is 8.96 Å². The van der Waals surface area contributed by atoms with E-state index in [1.165, 1.54) is 51.4 Å². The van der Waals surface area contributed by atoms with Crippen LogP contribution in [-0.4, -0.2) is 39.6 Å². The molecule has 0 spiro atoms. The van der Waals surface area contributed by atoms with Crippen molar-refractivity contribution in [1.82, 2.24) is 0 Å². The Bertz CT molecular complexity index is 492. The van der Waals surface area contributed by atoms with Crippen LogP contribution in [0.15, 0.2) is 12.2 Å². The third-order valence-electron chi connectivity index (χ3n) is 4.93. The van der Waals surface area contributed by atoms with Crippen LogP contribution in [0.25, 0.3) is 0 Å². The van der Waals surface area contributed by atoms with Crippen molar-refractivity contribution in [1.29, 1.82) is 0 Å². The van der Waals surface area contributed by atoms with Crippen LogP contribution in [0.4, 0.5) is 4.39 Å². The summed E-state index contributed by atoms with van der Waals surface area (Å²) in [5.74, 6) is -0.429. The molecule has 31 heavy (non-hydrogen) atoms. The third-order valence-corrected chi connectivity index (χ3v) is 6.29. The van der Waals surface area contributed by atoms with Gasteiger partial charge in [0, 0.05) is 20.6 Å². The van der Waals surface area contributed by atoms with E-state index < -0.39 is 33.2 Å². The van der Waals surface area contributed by atoms with Crippen molar-refractivity contribution in [2.75, 3.05) is 27.4 Å². The summed E-state index contributed by atoms with van der Waals surface area (Å²) in [7, 11) is -1.42. The zero-order valence-corrected chi connectivity index (χ0v) is 20.7. The Morgan fingerprint density at radius 2 is 1.35 bits per heavy atom. The predicted octanol–water partition coefficient (Wildman–Crippen LogP) is 7.32. The quantitative estimate of drug-likeness (QED) is 0.0720. The summed E-state index contributed by atoms with van der Waals surface area (Å²) >= 11 is 0. The van der Waals surface area contributed by atoms with Crippen LogP contribution in [0.1, 0.15) is 96.8 Å². The first kappa shape index (κ1) is 30.2. The molecule has 0 fully saturated rings. The van der Waals surface area contributed by atoms with E-state index in [-0.39, 0.29) is 6.42 Å². The molecule has 0 aliphatic carbocycles. The molecule has 0 radical (unpaired) electrons. The van der Waals surface area contributed by atoms with Gasteiger partial charge in [-0.3, -0.25) is 18.4 Å². The number of unbranched alkanes of at least 4 members (excludes halogenated alkanes) is 11. The first-order valence-electron chi connectivity index (χ1n) is 11.8. The normalized spacial score (nSPS) is 13.0. The van der Waals surface area contributed by atoms with Crippen LogP contribution >= 0.6 is 7.82 Å². The molecule has 0 amide bonds. The minimum absolute atomic E-state index is 0.278. The molecule has 0 N–H and O–H groups in total. The summed E-state index contributed by atoms with van der Waals surface area (Å²) in [4.78, 5) is 11.7. The number of halogens is 1. The van der Waals surface area contributed by atoms with Crippen LogP contribution in [0.2, 0.25) is 0 Å². The highest BCUT2D eigenvalue weighted by atomic mass is 31.2. The highest BCUT2D eigenvalue weighted by molar-refractivity contribution is 7.48. The van der Waals surface area contributed by atoms with Gasteiger partial charge in [-0.05, 0) is 32.1 Å². The monoisotopic (exact) mass is 466 g/mol. The molecule has 6 nitrogen and oxygen atoms in total. The van der Waals surface area contributed by atoms with E-state index in [0.29, 0.717) is 0 Å². The van der Waals surface area contributed by atoms with Gasteiger partial charge in [0.15, 0.2) is 6.17 Å². The number of esters is 1. The Balaban J connectivity index is 3.48. The molecule has 8 heteroatoms. The molecule has 0 aliphatic rings. The lowest BCUT2D eigenvalue weighted by Gasteiger charge is -2.15. The highest BCUT2D eigenvalue weighted by Crippen LogP contribution is 2.47. The van der Waals surface area contributed by atoms with Crippen LogP contribution < -0.4 is 0 Å². The molecule has 0 bridgehead atoms. The number of carbonyl (C=O) groups is 1. The molecule has 184 valence electrons. The molecule has 0 unspecified atom stereocenters. The van der Waals surface area contributed by atoms with E-state index in [0.717, 1.165) is 46.3 Å². The SMILES string of the molecule is CCCCCCCC/C=C\CCCCCCCC(=O)OC[C@@H](F)COP(=O)(OC)OC. The van der Waals surface area contributed by atoms with Crippen LogP contribution in [0.5, 0.6) is 0 Å². The lowest BCUT2D eigenvalue weighted by molar-refractivity contribution is -0.145. The van der Waals surface area contributed by atoms with Crippen molar-refractivity contribution in [3.8, 4) is 0 Å². The Labute approximate surface area is 188 Å². The molecule has 0 saturated heterocycles. The maximum absolute atomic E-state index is 13.6. The minimum atomic E-state index is -3.71. The number of phosphoric ester groups is 1. The molecule has 0 rings (SSSR count). The van der Waals surface area contributed by atoms with E-state index in [1.54, 1.807) is 0 Å². The van der Waals surface area contributed by atoms with Gasteiger partial charge < -0.3 is 4.74 Å². The van der Waals surface area contributed by atoms with E-state index in [2.05, 4.69) is 28.1 Å². The fraction of sp³-hybridized carbons (Fsp3) is 0.870. The zero-order chi connectivity index (χ0) is 23.2. The molecular weight excluding hydrogens is 422 g/mol. The topological polar surface area (TPSA) is 71.1 Å². The first-order chi connectivity index (χ1) is 15.0. The van der Waals surface area contributed by atoms with E-state index >= 15 is 0 Å². The summed E-state index contributed by atoms with van der Waals surface area (Å²) < 4.78 is 44.0. The fourth-order valence-corrected chi connectivity index (χ4v) is 3.70. The fourth-order valence-electron chi connectivity index (χ4n) is 3.00. The van der Waals surface area contributed by atoms with Gasteiger partial charge in [0.2, 0.25) is 0 Å². The maximum atomic E-state index is 13.6. The Hall–Kier alpha value is -0.750. The number of hydrogen-bond acceptors (Lipinski definition) is 6. The summed E-state index contributed by atoms with van der Waals surface area (Å²) in [6.07, 6.45) is 18.8. The van der Waals surface area contributed by atoms with Crippen molar-refractivity contribution in [2.24, 2.45) is 0 Å². The first-order valence-corrected chi connectivity index (χ1v) is 13.2. The van der Waals surface area contributed by atoms with Crippen LogP contribution in [0.3, 0.4) is 0 Å². The van der Waals surface area contributed by atoms with Crippen molar-refractivity contribution in [2.45, 2.75) is 103 Å². The summed E-state index contributed by atoms with van der Waals surface area (Å²) in [6, 6.07) is 0.